The number of amides is 1. The number of rotatable bonds is 4. The minimum Gasteiger partial charge on any atom is -0.494 e. The normalized spacial score (nSPS) is 10.5. The summed E-state index contributed by atoms with van der Waals surface area (Å²) < 4.78 is 7.35. The number of imidazole rings is 1. The van der Waals surface area contributed by atoms with Crippen molar-refractivity contribution in [1.82, 2.24) is 9.55 Å². The molecule has 0 aliphatic carbocycles. The van der Waals surface area contributed by atoms with Crippen LogP contribution >= 0.6 is 0 Å². The van der Waals surface area contributed by atoms with Crippen molar-refractivity contribution in [3.8, 4) is 11.4 Å². The quantitative estimate of drug-likeness (QED) is 0.796. The number of nitrogens with zero attached hydrogens (tertiary/aromatic N) is 2. The fourth-order valence-corrected chi connectivity index (χ4v) is 2.55. The first-order valence-electron chi connectivity index (χ1n) is 7.64. The summed E-state index contributed by atoms with van der Waals surface area (Å²) in [6.07, 6.45) is 3.65. The van der Waals surface area contributed by atoms with E-state index in [1.54, 1.807) is 19.5 Å². The van der Waals surface area contributed by atoms with Gasteiger partial charge in [-0.05, 0) is 37.6 Å². The van der Waals surface area contributed by atoms with Gasteiger partial charge in [0.05, 0.1) is 24.8 Å². The van der Waals surface area contributed by atoms with Gasteiger partial charge in [-0.2, -0.15) is 0 Å². The number of nitrogens with one attached hydrogen (secondary N) is 1. The molecular weight excluding hydrogens is 302 g/mol. The predicted molar refractivity (Wildman–Crippen MR) is 94.0 cm³/mol. The van der Waals surface area contributed by atoms with E-state index in [2.05, 4.69) is 10.3 Å². The number of aryl methyl sites for hydroxylation is 2. The number of ether oxygens (including phenoxy) is 1. The molecule has 0 fully saturated rings. The van der Waals surface area contributed by atoms with E-state index in [9.17, 15) is 4.79 Å². The first kappa shape index (κ1) is 15.8. The van der Waals surface area contributed by atoms with Crippen LogP contribution in [0.15, 0.2) is 55.0 Å². The number of aromatic nitrogens is 2. The van der Waals surface area contributed by atoms with E-state index in [0.29, 0.717) is 17.0 Å². The highest BCUT2D eigenvalue weighted by Gasteiger charge is 2.11. The first-order chi connectivity index (χ1) is 11.6. The molecule has 2 aromatic carbocycles. The summed E-state index contributed by atoms with van der Waals surface area (Å²) in [5, 5.41) is 2.91. The molecule has 0 aliphatic rings. The van der Waals surface area contributed by atoms with Crippen LogP contribution in [-0.4, -0.2) is 22.6 Å². The second-order valence-electron chi connectivity index (χ2n) is 5.58. The molecule has 0 saturated carbocycles. The minimum absolute atomic E-state index is 0.138. The number of anilines is 1. The maximum Gasteiger partial charge on any atom is 0.255 e. The van der Waals surface area contributed by atoms with Crippen LogP contribution in [0.25, 0.3) is 5.69 Å². The Kier molecular flexibility index (Phi) is 4.33. The minimum atomic E-state index is -0.138. The van der Waals surface area contributed by atoms with Gasteiger partial charge in [0.25, 0.3) is 5.91 Å². The molecule has 0 saturated heterocycles. The summed E-state index contributed by atoms with van der Waals surface area (Å²) in [6.45, 7) is 3.85. The van der Waals surface area contributed by atoms with E-state index in [4.69, 9.17) is 4.74 Å². The van der Waals surface area contributed by atoms with Gasteiger partial charge in [-0.3, -0.25) is 4.79 Å². The fraction of sp³-hybridized carbons (Fsp3) is 0.158. The fourth-order valence-electron chi connectivity index (χ4n) is 2.55. The molecular formula is C19H19N3O2. The number of carbonyl (C=O) groups is 1. The van der Waals surface area contributed by atoms with Crippen molar-refractivity contribution in [3.63, 3.8) is 0 Å². The number of methoxy groups -OCH3 is 1. The summed E-state index contributed by atoms with van der Waals surface area (Å²) in [5.74, 6) is 0.524. The SMILES string of the molecule is COc1cc(NC(=O)c2ccccc2C)ccc1-n1cnc(C)c1. The Morgan fingerprint density at radius 3 is 2.62 bits per heavy atom. The van der Waals surface area contributed by atoms with Crippen LogP contribution in [0.1, 0.15) is 21.6 Å². The van der Waals surface area contributed by atoms with Crippen molar-refractivity contribution in [2.24, 2.45) is 0 Å². The zero-order valence-electron chi connectivity index (χ0n) is 13.9. The van der Waals surface area contributed by atoms with Crippen molar-refractivity contribution >= 4 is 11.6 Å². The zero-order valence-corrected chi connectivity index (χ0v) is 13.9. The molecule has 5 nitrogen and oxygen atoms in total. The molecule has 0 unspecified atom stereocenters. The lowest BCUT2D eigenvalue weighted by Crippen LogP contribution is -2.13. The molecule has 1 N–H and O–H groups in total. The van der Waals surface area contributed by atoms with E-state index in [1.807, 2.05) is 61.0 Å². The van der Waals surface area contributed by atoms with E-state index >= 15 is 0 Å². The summed E-state index contributed by atoms with van der Waals surface area (Å²) in [6, 6.07) is 13.0. The lowest BCUT2D eigenvalue weighted by molar-refractivity contribution is 0.102. The Labute approximate surface area is 140 Å². The highest BCUT2D eigenvalue weighted by Crippen LogP contribution is 2.27. The van der Waals surface area contributed by atoms with Crippen LogP contribution in [0, 0.1) is 13.8 Å². The third-order valence-corrected chi connectivity index (χ3v) is 3.82. The van der Waals surface area contributed by atoms with Crippen LogP contribution in [0.4, 0.5) is 5.69 Å². The summed E-state index contributed by atoms with van der Waals surface area (Å²) in [4.78, 5) is 16.7. The average Bonchev–Trinajstić information content (AvgIpc) is 3.01. The summed E-state index contributed by atoms with van der Waals surface area (Å²) in [5.41, 5.74) is 4.07. The standard InChI is InChI=1S/C19H19N3O2/c1-13-6-4-5-7-16(13)19(23)21-15-8-9-17(18(10-15)24-3)22-11-14(2)20-12-22/h4-12H,1-3H3,(H,21,23). The van der Waals surface area contributed by atoms with Crippen LogP contribution in [0.2, 0.25) is 0 Å². The Hall–Kier alpha value is -3.08. The molecule has 0 spiro atoms. The molecule has 1 amide bonds. The molecule has 3 rings (SSSR count). The largest absolute Gasteiger partial charge is 0.494 e. The number of benzene rings is 2. The Morgan fingerprint density at radius 1 is 1.17 bits per heavy atom. The van der Waals surface area contributed by atoms with Crippen LogP contribution in [-0.2, 0) is 0 Å². The van der Waals surface area contributed by atoms with Crippen molar-refractivity contribution in [2.45, 2.75) is 13.8 Å². The monoisotopic (exact) mass is 321 g/mol. The van der Waals surface area contributed by atoms with Gasteiger partial charge in [0.15, 0.2) is 0 Å². The zero-order chi connectivity index (χ0) is 17.1. The lowest BCUT2D eigenvalue weighted by Gasteiger charge is -2.12. The van der Waals surface area contributed by atoms with E-state index in [-0.39, 0.29) is 5.91 Å². The van der Waals surface area contributed by atoms with E-state index in [1.165, 1.54) is 0 Å². The molecule has 5 heteroatoms. The molecule has 3 aromatic rings. The molecule has 0 aliphatic heterocycles. The maximum absolute atomic E-state index is 12.4. The van der Waals surface area contributed by atoms with Crippen LogP contribution in [0.5, 0.6) is 5.75 Å². The Bertz CT molecular complexity index is 884. The molecule has 0 bridgehead atoms. The van der Waals surface area contributed by atoms with Crippen molar-refractivity contribution in [1.29, 1.82) is 0 Å². The van der Waals surface area contributed by atoms with Crippen molar-refractivity contribution in [3.05, 3.63) is 71.8 Å². The predicted octanol–water partition coefficient (Wildman–Crippen LogP) is 3.75. The van der Waals surface area contributed by atoms with Gasteiger partial charge in [0, 0.05) is 23.5 Å². The second kappa shape index (κ2) is 6.58. The third-order valence-electron chi connectivity index (χ3n) is 3.82. The first-order valence-corrected chi connectivity index (χ1v) is 7.64. The van der Waals surface area contributed by atoms with Crippen molar-refractivity contribution < 1.29 is 9.53 Å². The van der Waals surface area contributed by atoms with Crippen LogP contribution < -0.4 is 10.1 Å². The maximum atomic E-state index is 12.4. The van der Waals surface area contributed by atoms with Gasteiger partial charge in [0.1, 0.15) is 5.75 Å². The molecule has 24 heavy (non-hydrogen) atoms. The Balaban J connectivity index is 1.87. The van der Waals surface area contributed by atoms with Crippen molar-refractivity contribution in [2.75, 3.05) is 12.4 Å². The van der Waals surface area contributed by atoms with Crippen LogP contribution in [0.3, 0.4) is 0 Å². The number of hydrogen-bond acceptors (Lipinski definition) is 3. The van der Waals surface area contributed by atoms with E-state index < -0.39 is 0 Å². The van der Waals surface area contributed by atoms with Gasteiger partial charge in [-0.1, -0.05) is 18.2 Å². The summed E-state index contributed by atoms with van der Waals surface area (Å²) >= 11 is 0. The smallest absolute Gasteiger partial charge is 0.255 e. The van der Waals surface area contributed by atoms with Gasteiger partial charge < -0.3 is 14.6 Å². The van der Waals surface area contributed by atoms with Gasteiger partial charge in [-0.15, -0.1) is 0 Å². The number of hydrogen-bond donors (Lipinski definition) is 1. The lowest BCUT2D eigenvalue weighted by atomic mass is 10.1. The van der Waals surface area contributed by atoms with Gasteiger partial charge >= 0.3 is 0 Å². The average molecular weight is 321 g/mol. The van der Waals surface area contributed by atoms with Gasteiger partial charge in [0.2, 0.25) is 0 Å². The van der Waals surface area contributed by atoms with E-state index in [0.717, 1.165) is 16.9 Å². The highest BCUT2D eigenvalue weighted by atomic mass is 16.5. The highest BCUT2D eigenvalue weighted by molar-refractivity contribution is 6.05. The number of carbonyl (C=O) groups excluding carboxylic acids is 1. The summed E-state index contributed by atoms with van der Waals surface area (Å²) in [7, 11) is 1.61. The topological polar surface area (TPSA) is 56.1 Å². The molecule has 1 aromatic heterocycles. The van der Waals surface area contributed by atoms with Gasteiger partial charge in [-0.25, -0.2) is 4.98 Å². The third kappa shape index (κ3) is 3.15. The molecule has 122 valence electrons. The molecule has 0 atom stereocenters. The molecule has 1 heterocycles. The second-order valence-corrected chi connectivity index (χ2v) is 5.58. The molecule has 0 radical (unpaired) electrons. The Morgan fingerprint density at radius 2 is 1.96 bits per heavy atom.